The fourth-order valence-electron chi connectivity index (χ4n) is 3.46. The van der Waals surface area contributed by atoms with Crippen LogP contribution in [0.3, 0.4) is 0 Å². The smallest absolute Gasteiger partial charge is 0.255 e. The number of hydrogen-bond donors (Lipinski definition) is 2. The van der Waals surface area contributed by atoms with Gasteiger partial charge in [-0.15, -0.1) is 0 Å². The Morgan fingerprint density at radius 3 is 2.73 bits per heavy atom. The Balaban J connectivity index is 1.78. The molecule has 0 bridgehead atoms. The van der Waals surface area contributed by atoms with E-state index < -0.39 is 6.04 Å². The summed E-state index contributed by atoms with van der Waals surface area (Å²) in [7, 11) is 1.58. The molecular formula is C21H22N6O3. The number of carbonyl (C=O) groups is 1. The van der Waals surface area contributed by atoms with Gasteiger partial charge < -0.3 is 20.1 Å². The second-order valence-corrected chi connectivity index (χ2v) is 6.68. The highest BCUT2D eigenvalue weighted by Crippen LogP contribution is 2.38. The molecule has 1 aromatic heterocycles. The lowest BCUT2D eigenvalue weighted by Crippen LogP contribution is -2.31. The molecule has 0 radical (unpaired) electrons. The highest BCUT2D eigenvalue weighted by molar-refractivity contribution is 6.06. The van der Waals surface area contributed by atoms with E-state index in [0.29, 0.717) is 41.0 Å². The summed E-state index contributed by atoms with van der Waals surface area (Å²) >= 11 is 0. The van der Waals surface area contributed by atoms with Gasteiger partial charge in [0.15, 0.2) is 11.5 Å². The summed E-state index contributed by atoms with van der Waals surface area (Å²) in [5.74, 6) is 1.42. The van der Waals surface area contributed by atoms with Crippen molar-refractivity contribution in [3.8, 4) is 11.5 Å². The highest BCUT2D eigenvalue weighted by Gasteiger charge is 2.34. The lowest BCUT2D eigenvalue weighted by molar-refractivity contribution is -0.113. The monoisotopic (exact) mass is 406 g/mol. The molecule has 3 aromatic rings. The number of methoxy groups -OCH3 is 1. The molecule has 1 aliphatic heterocycles. The van der Waals surface area contributed by atoms with Crippen molar-refractivity contribution in [2.45, 2.75) is 19.9 Å². The van der Waals surface area contributed by atoms with Gasteiger partial charge in [0.25, 0.3) is 5.91 Å². The van der Waals surface area contributed by atoms with Gasteiger partial charge in [-0.1, -0.05) is 29.4 Å². The molecule has 2 aromatic carbocycles. The van der Waals surface area contributed by atoms with Crippen molar-refractivity contribution in [3.05, 3.63) is 65.4 Å². The first kappa shape index (κ1) is 19.4. The third-order valence-electron chi connectivity index (χ3n) is 4.79. The molecular weight excluding hydrogens is 384 g/mol. The molecule has 0 saturated heterocycles. The van der Waals surface area contributed by atoms with Crippen LogP contribution < -0.4 is 20.1 Å². The number of ether oxygens (including phenoxy) is 2. The summed E-state index contributed by atoms with van der Waals surface area (Å²) < 4.78 is 12.7. The van der Waals surface area contributed by atoms with Gasteiger partial charge in [-0.3, -0.25) is 4.79 Å². The molecule has 9 nitrogen and oxygen atoms in total. The van der Waals surface area contributed by atoms with E-state index in [1.807, 2.05) is 62.4 Å². The molecule has 2 heterocycles. The molecule has 30 heavy (non-hydrogen) atoms. The molecule has 0 aliphatic carbocycles. The maximum Gasteiger partial charge on any atom is 0.255 e. The number of nitrogens with one attached hydrogen (secondary N) is 2. The summed E-state index contributed by atoms with van der Waals surface area (Å²) in [6.45, 7) is 4.26. The summed E-state index contributed by atoms with van der Waals surface area (Å²) in [5.41, 5.74) is 2.67. The molecule has 0 saturated carbocycles. The van der Waals surface area contributed by atoms with Crippen LogP contribution in [0.25, 0.3) is 0 Å². The van der Waals surface area contributed by atoms with E-state index in [4.69, 9.17) is 9.47 Å². The summed E-state index contributed by atoms with van der Waals surface area (Å²) in [6, 6.07) is 14.3. The molecule has 154 valence electrons. The number of carbonyl (C=O) groups excluding carboxylic acids is 1. The largest absolute Gasteiger partial charge is 0.493 e. The maximum absolute atomic E-state index is 13.3. The number of amides is 1. The number of nitrogens with zero attached hydrogens (tertiary/aromatic N) is 4. The zero-order valence-electron chi connectivity index (χ0n) is 16.9. The third-order valence-corrected chi connectivity index (χ3v) is 4.79. The second-order valence-electron chi connectivity index (χ2n) is 6.68. The summed E-state index contributed by atoms with van der Waals surface area (Å²) in [5, 5.41) is 18.0. The predicted molar refractivity (Wildman–Crippen MR) is 112 cm³/mol. The van der Waals surface area contributed by atoms with Crippen LogP contribution in [0.5, 0.6) is 11.5 Å². The van der Waals surface area contributed by atoms with Crippen LogP contribution in [0.1, 0.15) is 25.5 Å². The average molecular weight is 406 g/mol. The van der Waals surface area contributed by atoms with Crippen LogP contribution in [-0.4, -0.2) is 39.8 Å². The van der Waals surface area contributed by atoms with Gasteiger partial charge in [0, 0.05) is 11.4 Å². The normalized spacial score (nSPS) is 15.2. The Bertz CT molecular complexity index is 1090. The zero-order chi connectivity index (χ0) is 21.1. The zero-order valence-corrected chi connectivity index (χ0v) is 16.9. The van der Waals surface area contributed by atoms with Gasteiger partial charge in [0.2, 0.25) is 5.95 Å². The number of aromatic nitrogens is 4. The first-order valence-electron chi connectivity index (χ1n) is 9.55. The van der Waals surface area contributed by atoms with E-state index >= 15 is 0 Å². The summed E-state index contributed by atoms with van der Waals surface area (Å²) in [6.07, 6.45) is 0. The number of fused-ring (bicyclic) bond motifs is 1. The fourth-order valence-corrected chi connectivity index (χ4v) is 3.46. The number of anilines is 2. The predicted octanol–water partition coefficient (Wildman–Crippen LogP) is 3.01. The van der Waals surface area contributed by atoms with Crippen LogP contribution in [0.2, 0.25) is 0 Å². The average Bonchev–Trinajstić information content (AvgIpc) is 3.22. The Hall–Kier alpha value is -3.88. The molecule has 1 atom stereocenters. The van der Waals surface area contributed by atoms with Crippen LogP contribution >= 0.6 is 0 Å². The van der Waals surface area contributed by atoms with Crippen molar-refractivity contribution in [2.24, 2.45) is 0 Å². The van der Waals surface area contributed by atoms with E-state index in [1.54, 1.807) is 11.8 Å². The number of tetrazole rings is 1. The number of allylic oxidation sites excluding steroid dienone is 1. The van der Waals surface area contributed by atoms with Crippen molar-refractivity contribution < 1.29 is 14.3 Å². The van der Waals surface area contributed by atoms with E-state index in [2.05, 4.69) is 26.2 Å². The molecule has 1 aliphatic rings. The molecule has 9 heteroatoms. The van der Waals surface area contributed by atoms with E-state index in [0.717, 1.165) is 5.56 Å². The standard InChI is InChI=1S/C21H22N6O3/c1-4-30-16-11-10-14(12-17(16)29-3)19-18(13(2)22-21-24-25-26-27(19)21)20(28)23-15-8-6-5-7-9-15/h5-12,19H,4H2,1-3H3,(H,23,28)(H,22,24,26). The first-order valence-corrected chi connectivity index (χ1v) is 9.55. The van der Waals surface area contributed by atoms with Gasteiger partial charge in [0.05, 0.1) is 19.3 Å². The van der Waals surface area contributed by atoms with Crippen molar-refractivity contribution in [3.63, 3.8) is 0 Å². The van der Waals surface area contributed by atoms with Crippen molar-refractivity contribution >= 4 is 17.5 Å². The SMILES string of the molecule is CCOc1ccc(C2C(C(=O)Nc3ccccc3)=C(C)Nc3nnnn32)cc1OC. The Morgan fingerprint density at radius 2 is 2.00 bits per heavy atom. The number of rotatable bonds is 6. The fraction of sp³-hybridized carbons (Fsp3) is 0.238. The quantitative estimate of drug-likeness (QED) is 0.649. The van der Waals surface area contributed by atoms with Crippen LogP contribution in [0.4, 0.5) is 11.6 Å². The minimum Gasteiger partial charge on any atom is -0.493 e. The van der Waals surface area contributed by atoms with E-state index in [-0.39, 0.29) is 5.91 Å². The molecule has 0 fully saturated rings. The number of para-hydroxylation sites is 1. The van der Waals surface area contributed by atoms with E-state index in [9.17, 15) is 4.79 Å². The molecule has 0 spiro atoms. The lowest BCUT2D eigenvalue weighted by Gasteiger charge is -2.28. The maximum atomic E-state index is 13.3. The lowest BCUT2D eigenvalue weighted by atomic mass is 9.94. The van der Waals surface area contributed by atoms with Crippen LogP contribution in [0, 0.1) is 0 Å². The van der Waals surface area contributed by atoms with Crippen molar-refractivity contribution in [1.82, 2.24) is 20.2 Å². The topological polar surface area (TPSA) is 103 Å². The molecule has 4 rings (SSSR count). The van der Waals surface area contributed by atoms with Crippen molar-refractivity contribution in [2.75, 3.05) is 24.4 Å². The Labute approximate surface area is 173 Å². The van der Waals surface area contributed by atoms with Crippen LogP contribution in [0.15, 0.2) is 59.8 Å². The highest BCUT2D eigenvalue weighted by atomic mass is 16.5. The Kier molecular flexibility index (Phi) is 5.34. The minimum atomic E-state index is -0.537. The van der Waals surface area contributed by atoms with E-state index in [1.165, 1.54) is 0 Å². The minimum absolute atomic E-state index is 0.245. The number of benzene rings is 2. The van der Waals surface area contributed by atoms with Crippen molar-refractivity contribution in [1.29, 1.82) is 0 Å². The number of hydrogen-bond acceptors (Lipinski definition) is 7. The van der Waals surface area contributed by atoms with Gasteiger partial charge >= 0.3 is 0 Å². The molecule has 1 amide bonds. The molecule has 1 unspecified atom stereocenters. The van der Waals surface area contributed by atoms with Gasteiger partial charge in [-0.05, 0) is 54.1 Å². The Morgan fingerprint density at radius 1 is 1.20 bits per heavy atom. The first-order chi connectivity index (χ1) is 14.6. The van der Waals surface area contributed by atoms with Crippen LogP contribution in [-0.2, 0) is 4.79 Å². The van der Waals surface area contributed by atoms with Gasteiger partial charge in [-0.2, -0.15) is 4.68 Å². The molecule has 2 N–H and O–H groups in total. The third kappa shape index (κ3) is 3.57. The van der Waals surface area contributed by atoms with Gasteiger partial charge in [0.1, 0.15) is 6.04 Å². The van der Waals surface area contributed by atoms with Gasteiger partial charge in [-0.25, -0.2) is 0 Å². The summed E-state index contributed by atoms with van der Waals surface area (Å²) in [4.78, 5) is 13.3. The second kappa shape index (κ2) is 8.24.